The zero-order valence-electron chi connectivity index (χ0n) is 14.3. The number of benzene rings is 1. The van der Waals surface area contributed by atoms with Crippen molar-refractivity contribution in [3.8, 4) is 23.1 Å². The van der Waals surface area contributed by atoms with Crippen molar-refractivity contribution < 1.29 is 23.7 Å². The second-order valence-electron chi connectivity index (χ2n) is 4.60. The lowest BCUT2D eigenvalue weighted by molar-refractivity contribution is 0.0949. The van der Waals surface area contributed by atoms with Gasteiger partial charge in [-0.05, 0) is 12.1 Å². The van der Waals surface area contributed by atoms with E-state index in [9.17, 15) is 4.79 Å². The Morgan fingerprint density at radius 1 is 1.04 bits per heavy atom. The van der Waals surface area contributed by atoms with Crippen LogP contribution in [0.4, 0.5) is 0 Å². The minimum Gasteiger partial charge on any atom is -0.493 e. The van der Waals surface area contributed by atoms with Gasteiger partial charge in [0.1, 0.15) is 0 Å². The first-order valence-corrected chi connectivity index (χ1v) is 7.12. The average Bonchev–Trinajstić information content (AvgIpc) is 2.66. The molecule has 0 radical (unpaired) electrons. The Labute approximate surface area is 144 Å². The molecule has 9 heteroatoms. The smallest absolute Gasteiger partial charge is 0.291 e. The molecular weight excluding hydrogens is 328 g/mol. The standard InChI is InChI=1S/C16H18N4O5/c1-22-12-5-10(6-13(23-2)15(12)25-4)7-18-20-16(21)11-8-17-9-14(19-11)24-3/h5-9H,1-4H3,(H,20,21). The first kappa shape index (κ1) is 18.0. The summed E-state index contributed by atoms with van der Waals surface area (Å²) in [4.78, 5) is 19.8. The summed E-state index contributed by atoms with van der Waals surface area (Å²) in [6, 6.07) is 3.39. The Kier molecular flexibility index (Phi) is 6.10. The van der Waals surface area contributed by atoms with E-state index in [1.54, 1.807) is 12.1 Å². The predicted molar refractivity (Wildman–Crippen MR) is 89.7 cm³/mol. The largest absolute Gasteiger partial charge is 0.493 e. The molecule has 1 aromatic carbocycles. The fraction of sp³-hybridized carbons (Fsp3) is 0.250. The van der Waals surface area contributed by atoms with Gasteiger partial charge in [0.05, 0.1) is 47.0 Å². The third-order valence-corrected chi connectivity index (χ3v) is 3.12. The van der Waals surface area contributed by atoms with Crippen molar-refractivity contribution in [2.45, 2.75) is 0 Å². The summed E-state index contributed by atoms with van der Waals surface area (Å²) < 4.78 is 20.7. The van der Waals surface area contributed by atoms with Gasteiger partial charge in [-0.25, -0.2) is 10.4 Å². The number of carbonyl (C=O) groups is 1. The van der Waals surface area contributed by atoms with Gasteiger partial charge in [-0.3, -0.25) is 9.78 Å². The number of hydrazone groups is 1. The molecule has 2 aromatic rings. The quantitative estimate of drug-likeness (QED) is 0.595. The normalized spacial score (nSPS) is 10.4. The Hall–Kier alpha value is -3.36. The molecule has 1 N–H and O–H groups in total. The highest BCUT2D eigenvalue weighted by Gasteiger charge is 2.12. The van der Waals surface area contributed by atoms with Crippen molar-refractivity contribution in [2.75, 3.05) is 28.4 Å². The number of nitrogens with zero attached hydrogens (tertiary/aromatic N) is 3. The van der Waals surface area contributed by atoms with Crippen molar-refractivity contribution in [2.24, 2.45) is 5.10 Å². The second kappa shape index (κ2) is 8.48. The molecule has 0 aliphatic rings. The van der Waals surface area contributed by atoms with Crippen LogP contribution in [-0.2, 0) is 0 Å². The third kappa shape index (κ3) is 4.34. The lowest BCUT2D eigenvalue weighted by Gasteiger charge is -2.12. The summed E-state index contributed by atoms with van der Waals surface area (Å²) in [6.45, 7) is 0. The Morgan fingerprint density at radius 3 is 2.28 bits per heavy atom. The lowest BCUT2D eigenvalue weighted by Crippen LogP contribution is -2.19. The van der Waals surface area contributed by atoms with Gasteiger partial charge >= 0.3 is 0 Å². The number of nitrogens with one attached hydrogen (secondary N) is 1. The van der Waals surface area contributed by atoms with Gasteiger partial charge in [0.15, 0.2) is 17.2 Å². The fourth-order valence-corrected chi connectivity index (χ4v) is 1.95. The molecule has 0 aliphatic carbocycles. The Morgan fingerprint density at radius 2 is 1.72 bits per heavy atom. The van der Waals surface area contributed by atoms with Gasteiger partial charge in [-0.15, -0.1) is 0 Å². The molecule has 0 spiro atoms. The van der Waals surface area contributed by atoms with Crippen LogP contribution in [0.2, 0.25) is 0 Å². The summed E-state index contributed by atoms with van der Waals surface area (Å²) in [5.41, 5.74) is 3.09. The van der Waals surface area contributed by atoms with E-state index in [4.69, 9.17) is 18.9 Å². The van der Waals surface area contributed by atoms with Gasteiger partial charge in [0.2, 0.25) is 11.6 Å². The van der Waals surface area contributed by atoms with Crippen LogP contribution in [0, 0.1) is 0 Å². The van der Waals surface area contributed by atoms with Crippen LogP contribution >= 0.6 is 0 Å². The van der Waals surface area contributed by atoms with E-state index >= 15 is 0 Å². The fourth-order valence-electron chi connectivity index (χ4n) is 1.95. The molecule has 0 aliphatic heterocycles. The van der Waals surface area contributed by atoms with Crippen molar-refractivity contribution in [3.63, 3.8) is 0 Å². The minimum absolute atomic E-state index is 0.0846. The summed E-state index contributed by atoms with van der Waals surface area (Å²) >= 11 is 0. The lowest BCUT2D eigenvalue weighted by atomic mass is 10.2. The van der Waals surface area contributed by atoms with Gasteiger partial charge < -0.3 is 18.9 Å². The molecule has 1 aromatic heterocycles. The van der Waals surface area contributed by atoms with Crippen molar-refractivity contribution >= 4 is 12.1 Å². The maximum atomic E-state index is 12.0. The monoisotopic (exact) mass is 346 g/mol. The van der Waals surface area contributed by atoms with E-state index in [1.165, 1.54) is 47.0 Å². The first-order chi connectivity index (χ1) is 12.1. The SMILES string of the molecule is COc1cncc(C(=O)NN=Cc2cc(OC)c(OC)c(OC)c2)n1. The number of hydrogen-bond donors (Lipinski definition) is 1. The summed E-state index contributed by atoms with van der Waals surface area (Å²) in [5.74, 6) is 1.15. The second-order valence-corrected chi connectivity index (χ2v) is 4.60. The van der Waals surface area contributed by atoms with Crippen molar-refractivity contribution in [3.05, 3.63) is 35.8 Å². The number of rotatable bonds is 7. The van der Waals surface area contributed by atoms with Crippen LogP contribution in [0.5, 0.6) is 23.1 Å². The maximum absolute atomic E-state index is 12.0. The summed E-state index contributed by atoms with van der Waals surface area (Å²) in [6.07, 6.45) is 4.15. The maximum Gasteiger partial charge on any atom is 0.291 e. The molecule has 0 bridgehead atoms. The van der Waals surface area contributed by atoms with Crippen LogP contribution in [0.1, 0.15) is 16.1 Å². The van der Waals surface area contributed by atoms with E-state index in [2.05, 4.69) is 20.5 Å². The first-order valence-electron chi connectivity index (χ1n) is 7.12. The van der Waals surface area contributed by atoms with Gasteiger partial charge in [0.25, 0.3) is 5.91 Å². The summed E-state index contributed by atoms with van der Waals surface area (Å²) in [7, 11) is 5.99. The predicted octanol–water partition coefficient (Wildman–Crippen LogP) is 1.27. The van der Waals surface area contributed by atoms with E-state index in [0.29, 0.717) is 22.8 Å². The number of carbonyl (C=O) groups excluding carboxylic acids is 1. The van der Waals surface area contributed by atoms with Gasteiger partial charge in [-0.1, -0.05) is 0 Å². The van der Waals surface area contributed by atoms with Crippen LogP contribution in [-0.4, -0.2) is 50.5 Å². The highest BCUT2D eigenvalue weighted by atomic mass is 16.5. The van der Waals surface area contributed by atoms with Crippen LogP contribution < -0.4 is 24.4 Å². The molecule has 0 fully saturated rings. The number of hydrogen-bond acceptors (Lipinski definition) is 8. The van der Waals surface area contributed by atoms with E-state index in [1.807, 2.05) is 0 Å². The number of amides is 1. The molecular formula is C16H18N4O5. The summed E-state index contributed by atoms with van der Waals surface area (Å²) in [5, 5.41) is 3.89. The highest BCUT2D eigenvalue weighted by Crippen LogP contribution is 2.37. The van der Waals surface area contributed by atoms with Crippen LogP contribution in [0.15, 0.2) is 29.6 Å². The zero-order valence-corrected chi connectivity index (χ0v) is 14.3. The van der Waals surface area contributed by atoms with Gasteiger partial charge in [0, 0.05) is 5.56 Å². The van der Waals surface area contributed by atoms with Crippen LogP contribution in [0.3, 0.4) is 0 Å². The number of aromatic nitrogens is 2. The van der Waals surface area contributed by atoms with Crippen LogP contribution in [0.25, 0.3) is 0 Å². The third-order valence-electron chi connectivity index (χ3n) is 3.12. The highest BCUT2D eigenvalue weighted by molar-refractivity contribution is 5.93. The average molecular weight is 346 g/mol. The molecule has 0 unspecified atom stereocenters. The minimum atomic E-state index is -0.518. The molecule has 1 heterocycles. The molecule has 2 rings (SSSR count). The Bertz CT molecular complexity index is 754. The van der Waals surface area contributed by atoms with E-state index in [-0.39, 0.29) is 11.6 Å². The molecule has 9 nitrogen and oxygen atoms in total. The van der Waals surface area contributed by atoms with Gasteiger partial charge in [-0.2, -0.15) is 5.10 Å². The number of methoxy groups -OCH3 is 4. The van der Waals surface area contributed by atoms with Crippen molar-refractivity contribution in [1.82, 2.24) is 15.4 Å². The molecule has 132 valence electrons. The molecule has 0 saturated carbocycles. The van der Waals surface area contributed by atoms with E-state index < -0.39 is 5.91 Å². The molecule has 0 atom stereocenters. The topological polar surface area (TPSA) is 104 Å². The number of ether oxygens (including phenoxy) is 4. The zero-order chi connectivity index (χ0) is 18.2. The Balaban J connectivity index is 2.14. The molecule has 1 amide bonds. The van der Waals surface area contributed by atoms with Crippen molar-refractivity contribution in [1.29, 1.82) is 0 Å². The molecule has 0 saturated heterocycles. The van der Waals surface area contributed by atoms with E-state index in [0.717, 1.165) is 0 Å². The molecule has 25 heavy (non-hydrogen) atoms.